The number of rotatable bonds is 4. The molecule has 0 spiro atoms. The van der Waals surface area contributed by atoms with E-state index in [4.69, 9.17) is 4.74 Å². The van der Waals surface area contributed by atoms with Gasteiger partial charge >= 0.3 is 6.09 Å². The summed E-state index contributed by atoms with van der Waals surface area (Å²) in [6.45, 7) is 2.68. The van der Waals surface area contributed by atoms with Crippen molar-refractivity contribution in [1.29, 1.82) is 0 Å². The van der Waals surface area contributed by atoms with Crippen LogP contribution >= 0.6 is 0 Å². The van der Waals surface area contributed by atoms with Crippen molar-refractivity contribution in [3.05, 3.63) is 59.7 Å². The van der Waals surface area contributed by atoms with E-state index in [2.05, 4.69) is 57.4 Å². The highest BCUT2D eigenvalue weighted by Gasteiger charge is 2.12. The maximum absolute atomic E-state index is 12.1. The molecule has 0 bridgehead atoms. The molecule has 0 saturated carbocycles. The zero-order valence-electron chi connectivity index (χ0n) is 16.0. The Morgan fingerprint density at radius 1 is 1.07 bits per heavy atom. The van der Waals surface area contributed by atoms with Crippen molar-refractivity contribution in [1.82, 2.24) is 16.0 Å². The molecule has 5 rings (SSSR count). The summed E-state index contributed by atoms with van der Waals surface area (Å²) in [7, 11) is 0. The van der Waals surface area contributed by atoms with Gasteiger partial charge in [0.25, 0.3) is 0 Å². The number of nitrogens with one attached hydrogen (secondary N) is 3. The van der Waals surface area contributed by atoms with E-state index in [1.165, 1.54) is 27.3 Å². The molecule has 6 heteroatoms. The zero-order chi connectivity index (χ0) is 19.6. The van der Waals surface area contributed by atoms with Gasteiger partial charge in [0.05, 0.1) is 6.54 Å². The summed E-state index contributed by atoms with van der Waals surface area (Å²) in [6, 6.07) is 14.4. The molecule has 6 nitrogen and oxygen atoms in total. The second kappa shape index (κ2) is 7.47. The molecule has 0 saturated heterocycles. The number of aliphatic imine (C=N–C) groups is 1. The van der Waals surface area contributed by atoms with Gasteiger partial charge in [-0.2, -0.15) is 0 Å². The van der Waals surface area contributed by atoms with E-state index in [1.54, 1.807) is 0 Å². The molecule has 2 aliphatic rings. The maximum atomic E-state index is 12.1. The van der Waals surface area contributed by atoms with Gasteiger partial charge < -0.3 is 20.7 Å². The van der Waals surface area contributed by atoms with Gasteiger partial charge in [-0.3, -0.25) is 4.99 Å². The fourth-order valence-corrected chi connectivity index (χ4v) is 3.96. The van der Waals surface area contributed by atoms with Crippen LogP contribution in [0.2, 0.25) is 0 Å². The normalized spacial score (nSPS) is 14.6. The highest BCUT2D eigenvalue weighted by molar-refractivity contribution is 6.09. The lowest BCUT2D eigenvalue weighted by molar-refractivity contribution is 0.201. The lowest BCUT2D eigenvalue weighted by Crippen LogP contribution is -2.39. The number of benzene rings is 3. The van der Waals surface area contributed by atoms with Crippen LogP contribution in [0.4, 0.5) is 4.79 Å². The van der Waals surface area contributed by atoms with E-state index >= 15 is 0 Å². The average molecular weight is 386 g/mol. The predicted molar refractivity (Wildman–Crippen MR) is 117 cm³/mol. The van der Waals surface area contributed by atoms with Crippen LogP contribution < -0.4 is 20.7 Å². The summed E-state index contributed by atoms with van der Waals surface area (Å²) in [5, 5.41) is 13.7. The number of allylic oxidation sites excluding steroid dienone is 1. The molecule has 0 fully saturated rings. The summed E-state index contributed by atoms with van der Waals surface area (Å²) in [5.74, 6) is 1.32. The van der Waals surface area contributed by atoms with E-state index < -0.39 is 6.09 Å². The number of hydrogen-bond donors (Lipinski definition) is 3. The molecular weight excluding hydrogens is 364 g/mol. The van der Waals surface area contributed by atoms with Crippen LogP contribution in [0, 0.1) is 0 Å². The molecule has 29 heavy (non-hydrogen) atoms. The number of amides is 1. The first-order valence-electron chi connectivity index (χ1n) is 9.91. The van der Waals surface area contributed by atoms with Crippen LogP contribution in [0.5, 0.6) is 5.75 Å². The van der Waals surface area contributed by atoms with Gasteiger partial charge in [-0.05, 0) is 51.2 Å². The zero-order valence-corrected chi connectivity index (χ0v) is 16.0. The Morgan fingerprint density at radius 3 is 2.86 bits per heavy atom. The first kappa shape index (κ1) is 17.6. The minimum Gasteiger partial charge on any atom is -0.410 e. The maximum Gasteiger partial charge on any atom is 0.412 e. The smallest absolute Gasteiger partial charge is 0.410 e. The molecule has 0 radical (unpaired) electrons. The Morgan fingerprint density at radius 2 is 1.97 bits per heavy atom. The molecular formula is C23H22N4O2. The van der Waals surface area contributed by atoms with Crippen LogP contribution in [-0.2, 0) is 6.42 Å². The fraction of sp³-hybridized carbons (Fsp3) is 0.217. The standard InChI is InChI=1S/C23H22N4O2/c28-23(27-13-12-26-22-24-10-11-25-22)29-17-6-9-19-16(14-17)5-8-20-18-3-1-2-15(18)4-7-21(19)20/h1-2,4-9,14H,3,10-13H2,(H,27,28)(H2,24,25,26). The molecule has 1 aliphatic carbocycles. The molecule has 3 aromatic rings. The van der Waals surface area contributed by atoms with E-state index in [1.807, 2.05) is 18.2 Å². The van der Waals surface area contributed by atoms with Gasteiger partial charge in [0.2, 0.25) is 0 Å². The van der Waals surface area contributed by atoms with Crippen LogP contribution in [-0.4, -0.2) is 38.2 Å². The van der Waals surface area contributed by atoms with Crippen molar-refractivity contribution in [3.8, 4) is 5.75 Å². The van der Waals surface area contributed by atoms with Gasteiger partial charge in [0, 0.05) is 19.6 Å². The topological polar surface area (TPSA) is 74.8 Å². The summed E-state index contributed by atoms with van der Waals surface area (Å²) in [5.41, 5.74) is 2.69. The number of fused-ring (bicyclic) bond motifs is 5. The number of nitrogens with zero attached hydrogens (tertiary/aromatic N) is 1. The molecule has 146 valence electrons. The van der Waals surface area contributed by atoms with E-state index in [9.17, 15) is 4.79 Å². The summed E-state index contributed by atoms with van der Waals surface area (Å²) in [4.78, 5) is 16.3. The van der Waals surface area contributed by atoms with E-state index in [0.29, 0.717) is 18.8 Å². The van der Waals surface area contributed by atoms with E-state index in [-0.39, 0.29) is 0 Å². The lowest BCUT2D eigenvalue weighted by atomic mass is 9.96. The highest BCUT2D eigenvalue weighted by atomic mass is 16.6. The predicted octanol–water partition coefficient (Wildman–Crippen LogP) is 3.20. The number of hydrogen-bond acceptors (Lipinski definition) is 5. The molecule has 1 aliphatic heterocycles. The highest BCUT2D eigenvalue weighted by Crippen LogP contribution is 2.34. The Labute approximate surface area is 168 Å². The first-order chi connectivity index (χ1) is 14.3. The van der Waals surface area contributed by atoms with Gasteiger partial charge in [0.1, 0.15) is 5.75 Å². The second-order valence-electron chi connectivity index (χ2n) is 7.18. The largest absolute Gasteiger partial charge is 0.412 e. The molecule has 0 atom stereocenters. The molecule has 0 aromatic heterocycles. The van der Waals surface area contributed by atoms with Crippen LogP contribution in [0.1, 0.15) is 11.1 Å². The quantitative estimate of drug-likeness (QED) is 0.476. The van der Waals surface area contributed by atoms with Crippen molar-refractivity contribution in [2.45, 2.75) is 6.42 Å². The Kier molecular flexibility index (Phi) is 4.52. The molecule has 1 amide bonds. The average Bonchev–Trinajstić information content (AvgIpc) is 3.42. The minimum absolute atomic E-state index is 0.455. The number of carbonyl (C=O) groups is 1. The van der Waals surface area contributed by atoms with Crippen molar-refractivity contribution >= 4 is 39.7 Å². The van der Waals surface area contributed by atoms with Crippen LogP contribution in [0.15, 0.2) is 53.5 Å². The third-order valence-electron chi connectivity index (χ3n) is 5.33. The van der Waals surface area contributed by atoms with Gasteiger partial charge in [-0.15, -0.1) is 0 Å². The molecule has 3 N–H and O–H groups in total. The third-order valence-corrected chi connectivity index (χ3v) is 5.33. The number of ether oxygens (including phenoxy) is 1. The van der Waals surface area contributed by atoms with Crippen molar-refractivity contribution in [2.24, 2.45) is 4.99 Å². The van der Waals surface area contributed by atoms with E-state index in [0.717, 1.165) is 30.9 Å². The van der Waals surface area contributed by atoms with Crippen LogP contribution in [0.3, 0.4) is 0 Å². The third kappa shape index (κ3) is 3.49. The van der Waals surface area contributed by atoms with Gasteiger partial charge in [-0.1, -0.05) is 42.5 Å². The summed E-state index contributed by atoms with van der Waals surface area (Å²) < 4.78 is 5.45. The summed E-state index contributed by atoms with van der Waals surface area (Å²) in [6.07, 6.45) is 4.91. The Balaban J connectivity index is 1.27. The van der Waals surface area contributed by atoms with Crippen molar-refractivity contribution < 1.29 is 9.53 Å². The number of carbonyl (C=O) groups excluding carboxylic acids is 1. The Hall–Kier alpha value is -3.54. The monoisotopic (exact) mass is 386 g/mol. The lowest BCUT2D eigenvalue weighted by Gasteiger charge is -2.11. The van der Waals surface area contributed by atoms with Crippen LogP contribution in [0.25, 0.3) is 27.6 Å². The second-order valence-corrected chi connectivity index (χ2v) is 7.18. The van der Waals surface area contributed by atoms with Crippen molar-refractivity contribution in [2.75, 3.05) is 26.2 Å². The molecule has 3 aromatic carbocycles. The van der Waals surface area contributed by atoms with Crippen molar-refractivity contribution in [3.63, 3.8) is 0 Å². The first-order valence-corrected chi connectivity index (χ1v) is 9.91. The SMILES string of the molecule is O=C(NCCNC1=NCCN1)Oc1ccc2c(ccc3c4c(ccc32)C=CC4)c1. The molecule has 0 unspecified atom stereocenters. The number of guanidine groups is 1. The Bertz CT molecular complexity index is 1170. The molecule has 1 heterocycles. The van der Waals surface area contributed by atoms with Gasteiger partial charge in [-0.25, -0.2) is 4.79 Å². The fourth-order valence-electron chi connectivity index (χ4n) is 3.96. The summed E-state index contributed by atoms with van der Waals surface area (Å²) >= 11 is 0. The minimum atomic E-state index is -0.461. The van der Waals surface area contributed by atoms with Gasteiger partial charge in [0.15, 0.2) is 5.96 Å².